The number of allylic oxidation sites excluding steroid dienone is 4. The molecule has 3 heteroatoms. The number of hydrogen-bond donors (Lipinski definition) is 0. The van der Waals surface area contributed by atoms with Crippen LogP contribution in [0.25, 0.3) is 0 Å². The SMILES string of the molecule is O=C1CCCCC2=C(CCC1)C1=C(CCCCC(=O)CCC1)C2=O. The highest BCUT2D eigenvalue weighted by Crippen LogP contribution is 2.40. The third kappa shape index (κ3) is 3.93. The normalized spacial score (nSPS) is 24.8. The predicted octanol–water partition coefficient (Wildman–Crippen LogP) is 4.79. The van der Waals surface area contributed by atoms with Crippen LogP contribution in [0.1, 0.15) is 89.9 Å². The zero-order valence-corrected chi connectivity index (χ0v) is 14.6. The minimum Gasteiger partial charge on any atom is -0.300 e. The summed E-state index contributed by atoms with van der Waals surface area (Å²) in [7, 11) is 0. The van der Waals surface area contributed by atoms with Crippen molar-refractivity contribution in [3.8, 4) is 0 Å². The largest absolute Gasteiger partial charge is 0.300 e. The number of ketones is 3. The van der Waals surface area contributed by atoms with Crippen molar-refractivity contribution in [3.05, 3.63) is 22.3 Å². The Bertz CT molecular complexity index is 555. The highest BCUT2D eigenvalue weighted by Gasteiger charge is 2.31. The summed E-state index contributed by atoms with van der Waals surface area (Å²) in [4.78, 5) is 36.6. The summed E-state index contributed by atoms with van der Waals surface area (Å²) >= 11 is 0. The lowest BCUT2D eigenvalue weighted by molar-refractivity contribution is -0.120. The highest BCUT2D eigenvalue weighted by atomic mass is 16.1. The quantitative estimate of drug-likeness (QED) is 0.642. The summed E-state index contributed by atoms with van der Waals surface area (Å²) in [6.45, 7) is 0. The van der Waals surface area contributed by atoms with E-state index in [4.69, 9.17) is 0 Å². The van der Waals surface area contributed by atoms with Gasteiger partial charge in [-0.2, -0.15) is 0 Å². The molecule has 130 valence electrons. The molecule has 0 aliphatic heterocycles. The van der Waals surface area contributed by atoms with Gasteiger partial charge in [-0.15, -0.1) is 0 Å². The third-order valence-corrected chi connectivity index (χ3v) is 5.67. The van der Waals surface area contributed by atoms with Crippen molar-refractivity contribution in [2.75, 3.05) is 0 Å². The fourth-order valence-electron chi connectivity index (χ4n) is 4.38. The highest BCUT2D eigenvalue weighted by molar-refractivity contribution is 6.13. The lowest BCUT2D eigenvalue weighted by Gasteiger charge is -2.14. The van der Waals surface area contributed by atoms with E-state index < -0.39 is 0 Å². The Balaban J connectivity index is 1.85. The molecule has 0 aromatic rings. The summed E-state index contributed by atoms with van der Waals surface area (Å²) in [5, 5.41) is 0. The van der Waals surface area contributed by atoms with Crippen LogP contribution in [0.2, 0.25) is 0 Å². The molecule has 3 aliphatic carbocycles. The van der Waals surface area contributed by atoms with Gasteiger partial charge in [-0.3, -0.25) is 14.4 Å². The number of carbonyl (C=O) groups excluding carboxylic acids is 3. The second kappa shape index (κ2) is 8.04. The van der Waals surface area contributed by atoms with Crippen LogP contribution in [0.5, 0.6) is 0 Å². The molecule has 3 aliphatic rings. The predicted molar refractivity (Wildman–Crippen MR) is 93.7 cm³/mol. The monoisotopic (exact) mass is 328 g/mol. The zero-order chi connectivity index (χ0) is 16.9. The van der Waals surface area contributed by atoms with Gasteiger partial charge >= 0.3 is 0 Å². The molecule has 0 amide bonds. The topological polar surface area (TPSA) is 51.2 Å². The van der Waals surface area contributed by atoms with Crippen LogP contribution in [0.4, 0.5) is 0 Å². The first-order valence-corrected chi connectivity index (χ1v) is 9.69. The second-order valence-electron chi connectivity index (χ2n) is 7.44. The van der Waals surface area contributed by atoms with Crippen molar-refractivity contribution in [1.82, 2.24) is 0 Å². The average Bonchev–Trinajstić information content (AvgIpc) is 2.81. The van der Waals surface area contributed by atoms with Gasteiger partial charge in [0, 0.05) is 36.8 Å². The van der Waals surface area contributed by atoms with E-state index in [2.05, 4.69) is 0 Å². The molecule has 0 radical (unpaired) electrons. The summed E-state index contributed by atoms with van der Waals surface area (Å²) in [6, 6.07) is 0. The Kier molecular flexibility index (Phi) is 5.80. The van der Waals surface area contributed by atoms with Crippen LogP contribution in [0.15, 0.2) is 22.3 Å². The molecule has 0 saturated heterocycles. The molecule has 0 N–H and O–H groups in total. The summed E-state index contributed by atoms with van der Waals surface area (Å²) in [6.07, 6.45) is 11.4. The number of fused-ring (bicyclic) bond motifs is 1. The van der Waals surface area contributed by atoms with Gasteiger partial charge in [0.15, 0.2) is 5.78 Å². The van der Waals surface area contributed by atoms with Gasteiger partial charge in [-0.1, -0.05) is 0 Å². The molecule has 0 aromatic heterocycles. The van der Waals surface area contributed by atoms with Crippen LogP contribution in [-0.4, -0.2) is 17.3 Å². The lowest BCUT2D eigenvalue weighted by atomic mass is 9.90. The van der Waals surface area contributed by atoms with Gasteiger partial charge < -0.3 is 0 Å². The summed E-state index contributed by atoms with van der Waals surface area (Å²) in [5.74, 6) is 1.03. The minimum atomic E-state index is 0.291. The van der Waals surface area contributed by atoms with Crippen molar-refractivity contribution >= 4 is 17.3 Å². The van der Waals surface area contributed by atoms with E-state index in [1.165, 1.54) is 11.1 Å². The van der Waals surface area contributed by atoms with E-state index in [1.807, 2.05) is 0 Å². The Morgan fingerprint density at radius 2 is 0.708 bits per heavy atom. The summed E-state index contributed by atoms with van der Waals surface area (Å²) in [5.41, 5.74) is 4.58. The van der Waals surface area contributed by atoms with E-state index >= 15 is 0 Å². The van der Waals surface area contributed by atoms with Gasteiger partial charge in [0.05, 0.1) is 0 Å². The number of carbonyl (C=O) groups is 3. The molecule has 0 heterocycles. The smallest absolute Gasteiger partial charge is 0.185 e. The fourth-order valence-corrected chi connectivity index (χ4v) is 4.38. The molecular formula is C21H28O3. The van der Waals surface area contributed by atoms with Crippen LogP contribution in [0.3, 0.4) is 0 Å². The molecule has 0 spiro atoms. The molecule has 0 bridgehead atoms. The number of rotatable bonds is 0. The standard InChI is InChI=1S/C21H28O3/c22-15-7-1-3-11-19-17(13-5-9-15)18-14-6-10-16(23)8-2-4-12-20(18)21(19)24/h1-14H2. The van der Waals surface area contributed by atoms with E-state index in [-0.39, 0.29) is 0 Å². The van der Waals surface area contributed by atoms with E-state index in [1.54, 1.807) is 0 Å². The number of hydrogen-bond acceptors (Lipinski definition) is 3. The first kappa shape index (κ1) is 17.3. The average molecular weight is 328 g/mol. The Morgan fingerprint density at radius 1 is 0.375 bits per heavy atom. The maximum atomic E-state index is 13.0. The van der Waals surface area contributed by atoms with Crippen molar-refractivity contribution in [1.29, 1.82) is 0 Å². The van der Waals surface area contributed by atoms with Gasteiger partial charge in [-0.25, -0.2) is 0 Å². The zero-order valence-electron chi connectivity index (χ0n) is 14.6. The van der Waals surface area contributed by atoms with Crippen molar-refractivity contribution < 1.29 is 14.4 Å². The molecule has 3 rings (SSSR count). The third-order valence-electron chi connectivity index (χ3n) is 5.67. The summed E-state index contributed by atoms with van der Waals surface area (Å²) < 4.78 is 0. The molecule has 0 unspecified atom stereocenters. The molecule has 24 heavy (non-hydrogen) atoms. The first-order chi connectivity index (χ1) is 11.7. The van der Waals surface area contributed by atoms with Gasteiger partial charge in [0.25, 0.3) is 0 Å². The van der Waals surface area contributed by atoms with Gasteiger partial charge in [-0.05, 0) is 75.4 Å². The molecule has 0 atom stereocenters. The Hall–Kier alpha value is -1.51. The van der Waals surface area contributed by atoms with Crippen LogP contribution in [0, 0.1) is 0 Å². The lowest BCUT2D eigenvalue weighted by Crippen LogP contribution is -2.06. The maximum absolute atomic E-state index is 13.0. The Morgan fingerprint density at radius 3 is 1.17 bits per heavy atom. The second-order valence-corrected chi connectivity index (χ2v) is 7.44. The van der Waals surface area contributed by atoms with Crippen molar-refractivity contribution in [2.45, 2.75) is 89.9 Å². The fraction of sp³-hybridized carbons (Fsp3) is 0.667. The van der Waals surface area contributed by atoms with Crippen LogP contribution >= 0.6 is 0 Å². The maximum Gasteiger partial charge on any atom is 0.185 e. The van der Waals surface area contributed by atoms with Crippen LogP contribution in [-0.2, 0) is 14.4 Å². The van der Waals surface area contributed by atoms with Crippen molar-refractivity contribution in [2.24, 2.45) is 0 Å². The van der Waals surface area contributed by atoms with Gasteiger partial charge in [0.2, 0.25) is 0 Å². The Labute approximate surface area is 144 Å². The molecule has 3 nitrogen and oxygen atoms in total. The first-order valence-electron chi connectivity index (χ1n) is 9.69. The van der Waals surface area contributed by atoms with Gasteiger partial charge in [0.1, 0.15) is 11.6 Å². The molecule has 0 saturated carbocycles. The molecule has 0 aromatic carbocycles. The van der Waals surface area contributed by atoms with E-state index in [0.717, 1.165) is 75.4 Å². The van der Waals surface area contributed by atoms with E-state index in [9.17, 15) is 14.4 Å². The van der Waals surface area contributed by atoms with Crippen molar-refractivity contribution in [3.63, 3.8) is 0 Å². The number of Topliss-reactive ketones (excluding diaryl/α,β-unsaturated/α-hetero) is 3. The minimum absolute atomic E-state index is 0.291. The van der Waals surface area contributed by atoms with Crippen LogP contribution < -0.4 is 0 Å². The molecular weight excluding hydrogens is 300 g/mol. The molecule has 0 fully saturated rings. The van der Waals surface area contributed by atoms with E-state index in [0.29, 0.717) is 43.0 Å².